The highest BCUT2D eigenvalue weighted by Crippen LogP contribution is 2.20. The molecule has 3 aromatic rings. The Kier molecular flexibility index (Phi) is 8.70. The second-order valence-electron chi connectivity index (χ2n) is 6.57. The lowest BCUT2D eigenvalue weighted by molar-refractivity contribution is -0.118. The number of aromatic nitrogens is 1. The SMILES string of the molecule is C/C=C/c1cccc(OC)c1.CC(=O)NCCc1c[nH]c2ccc(CC=O)cc12. The van der Waals surface area contributed by atoms with E-state index in [1.165, 1.54) is 12.5 Å². The first-order valence-corrected chi connectivity index (χ1v) is 9.61. The van der Waals surface area contributed by atoms with Gasteiger partial charge in [-0.3, -0.25) is 4.79 Å². The molecule has 152 valence electrons. The largest absolute Gasteiger partial charge is 0.497 e. The number of aromatic amines is 1. The van der Waals surface area contributed by atoms with Crippen molar-refractivity contribution in [3.63, 3.8) is 0 Å². The zero-order valence-electron chi connectivity index (χ0n) is 17.2. The van der Waals surface area contributed by atoms with E-state index in [-0.39, 0.29) is 5.91 Å². The number of benzene rings is 2. The molecule has 5 nitrogen and oxygen atoms in total. The molecule has 0 bridgehead atoms. The number of rotatable bonds is 7. The number of carbonyl (C=O) groups is 2. The van der Waals surface area contributed by atoms with Gasteiger partial charge >= 0.3 is 0 Å². The molecule has 1 aromatic heterocycles. The lowest BCUT2D eigenvalue weighted by Gasteiger charge is -2.02. The predicted molar refractivity (Wildman–Crippen MR) is 118 cm³/mol. The molecule has 1 amide bonds. The van der Waals surface area contributed by atoms with Crippen LogP contribution < -0.4 is 10.1 Å². The number of H-pyrrole nitrogens is 1. The molecule has 29 heavy (non-hydrogen) atoms. The number of amides is 1. The summed E-state index contributed by atoms with van der Waals surface area (Å²) in [4.78, 5) is 24.5. The summed E-state index contributed by atoms with van der Waals surface area (Å²) in [7, 11) is 1.68. The van der Waals surface area contributed by atoms with Crippen molar-refractivity contribution in [1.82, 2.24) is 10.3 Å². The van der Waals surface area contributed by atoms with Gasteiger partial charge in [0.25, 0.3) is 0 Å². The van der Waals surface area contributed by atoms with E-state index >= 15 is 0 Å². The maximum absolute atomic E-state index is 10.8. The van der Waals surface area contributed by atoms with Gasteiger partial charge in [0, 0.05) is 37.0 Å². The van der Waals surface area contributed by atoms with Crippen molar-refractivity contribution in [3.8, 4) is 5.75 Å². The van der Waals surface area contributed by atoms with E-state index < -0.39 is 0 Å². The molecular weight excluding hydrogens is 364 g/mol. The van der Waals surface area contributed by atoms with Crippen LogP contribution in [0.25, 0.3) is 17.0 Å². The number of carbonyl (C=O) groups excluding carboxylic acids is 2. The molecule has 0 unspecified atom stereocenters. The molecule has 0 saturated carbocycles. The second kappa shape index (κ2) is 11.5. The second-order valence-corrected chi connectivity index (χ2v) is 6.57. The molecule has 3 rings (SSSR count). The van der Waals surface area contributed by atoms with Gasteiger partial charge in [-0.05, 0) is 54.3 Å². The molecule has 2 N–H and O–H groups in total. The first-order valence-electron chi connectivity index (χ1n) is 9.61. The van der Waals surface area contributed by atoms with Crippen LogP contribution in [-0.4, -0.2) is 30.8 Å². The molecule has 0 aliphatic rings. The third kappa shape index (κ3) is 6.96. The summed E-state index contributed by atoms with van der Waals surface area (Å²) in [6.07, 6.45) is 8.13. The van der Waals surface area contributed by atoms with Crippen molar-refractivity contribution in [2.45, 2.75) is 26.7 Å². The van der Waals surface area contributed by atoms with E-state index in [1.54, 1.807) is 7.11 Å². The number of fused-ring (bicyclic) bond motifs is 1. The van der Waals surface area contributed by atoms with Crippen LogP contribution in [0.3, 0.4) is 0 Å². The topological polar surface area (TPSA) is 71.2 Å². The summed E-state index contributed by atoms with van der Waals surface area (Å²) in [5, 5.41) is 3.90. The van der Waals surface area contributed by atoms with Crippen LogP contribution in [0.4, 0.5) is 0 Å². The Morgan fingerprint density at radius 2 is 2.03 bits per heavy atom. The third-order valence-corrected chi connectivity index (χ3v) is 4.37. The average molecular weight is 392 g/mol. The molecule has 0 fully saturated rings. The highest BCUT2D eigenvalue weighted by molar-refractivity contribution is 5.84. The van der Waals surface area contributed by atoms with Crippen molar-refractivity contribution < 1.29 is 14.3 Å². The summed E-state index contributed by atoms with van der Waals surface area (Å²) in [6, 6.07) is 13.9. The summed E-state index contributed by atoms with van der Waals surface area (Å²) in [5.41, 5.74) is 4.40. The van der Waals surface area contributed by atoms with Gasteiger partial charge in [-0.1, -0.05) is 30.4 Å². The molecule has 5 heteroatoms. The average Bonchev–Trinajstić information content (AvgIpc) is 3.11. The van der Waals surface area contributed by atoms with E-state index in [2.05, 4.69) is 10.3 Å². The van der Waals surface area contributed by atoms with Gasteiger partial charge in [-0.15, -0.1) is 0 Å². The van der Waals surface area contributed by atoms with Crippen molar-refractivity contribution in [2.75, 3.05) is 13.7 Å². The first kappa shape index (κ1) is 22.0. The van der Waals surface area contributed by atoms with Crippen LogP contribution in [0.2, 0.25) is 0 Å². The van der Waals surface area contributed by atoms with E-state index in [0.29, 0.717) is 13.0 Å². The number of hydrogen-bond acceptors (Lipinski definition) is 3. The Balaban J connectivity index is 0.000000234. The van der Waals surface area contributed by atoms with Gasteiger partial charge in [0.15, 0.2) is 0 Å². The molecule has 0 aliphatic heterocycles. The fourth-order valence-electron chi connectivity index (χ4n) is 2.97. The van der Waals surface area contributed by atoms with Crippen molar-refractivity contribution in [3.05, 3.63) is 71.4 Å². The minimum Gasteiger partial charge on any atom is -0.497 e. The maximum Gasteiger partial charge on any atom is 0.216 e. The molecule has 0 saturated heterocycles. The number of allylic oxidation sites excluding steroid dienone is 1. The van der Waals surface area contributed by atoms with Gasteiger partial charge in [0.05, 0.1) is 7.11 Å². The Bertz CT molecular complexity index is 973. The van der Waals surface area contributed by atoms with Gasteiger partial charge < -0.3 is 19.8 Å². The highest BCUT2D eigenvalue weighted by Gasteiger charge is 2.05. The minimum absolute atomic E-state index is 0.0171. The van der Waals surface area contributed by atoms with Crippen molar-refractivity contribution >= 4 is 29.2 Å². The van der Waals surface area contributed by atoms with Crippen molar-refractivity contribution in [2.24, 2.45) is 0 Å². The van der Waals surface area contributed by atoms with Crippen molar-refractivity contribution in [1.29, 1.82) is 0 Å². The number of hydrogen-bond donors (Lipinski definition) is 2. The molecule has 0 atom stereocenters. The molecule has 0 spiro atoms. The Hall–Kier alpha value is -3.34. The van der Waals surface area contributed by atoms with Crippen LogP contribution in [0.15, 0.2) is 54.7 Å². The molecule has 2 aromatic carbocycles. The minimum atomic E-state index is -0.0171. The van der Waals surface area contributed by atoms with Gasteiger partial charge in [0.2, 0.25) is 5.91 Å². The molecule has 0 radical (unpaired) electrons. The van der Waals surface area contributed by atoms with Gasteiger partial charge in [-0.25, -0.2) is 0 Å². The number of ether oxygens (including phenoxy) is 1. The van der Waals surface area contributed by atoms with Crippen LogP contribution in [0, 0.1) is 0 Å². The lowest BCUT2D eigenvalue weighted by atomic mass is 10.1. The predicted octanol–water partition coefficient (Wildman–Crippen LogP) is 4.32. The zero-order valence-corrected chi connectivity index (χ0v) is 17.2. The lowest BCUT2D eigenvalue weighted by Crippen LogP contribution is -2.22. The van der Waals surface area contributed by atoms with Crippen LogP contribution in [-0.2, 0) is 22.4 Å². The summed E-state index contributed by atoms with van der Waals surface area (Å²) < 4.78 is 5.07. The number of aldehydes is 1. The Morgan fingerprint density at radius 3 is 2.72 bits per heavy atom. The van der Waals surface area contributed by atoms with E-state index in [1.807, 2.05) is 67.7 Å². The molecule has 0 aliphatic carbocycles. The summed E-state index contributed by atoms with van der Waals surface area (Å²) in [5.74, 6) is 0.886. The molecular formula is C24H28N2O3. The van der Waals surface area contributed by atoms with Crippen LogP contribution >= 0.6 is 0 Å². The summed E-state index contributed by atoms with van der Waals surface area (Å²) >= 11 is 0. The normalized spacial score (nSPS) is 10.4. The first-order chi connectivity index (χ1) is 14.1. The van der Waals surface area contributed by atoms with Gasteiger partial charge in [0.1, 0.15) is 12.0 Å². The van der Waals surface area contributed by atoms with Gasteiger partial charge in [-0.2, -0.15) is 0 Å². The van der Waals surface area contributed by atoms with Crippen LogP contribution in [0.5, 0.6) is 5.75 Å². The Morgan fingerprint density at radius 1 is 1.21 bits per heavy atom. The zero-order chi connectivity index (χ0) is 21.1. The smallest absolute Gasteiger partial charge is 0.216 e. The number of nitrogens with one attached hydrogen (secondary N) is 2. The fraction of sp³-hybridized carbons (Fsp3) is 0.250. The maximum atomic E-state index is 10.8. The van der Waals surface area contributed by atoms with E-state index in [0.717, 1.165) is 40.5 Å². The fourth-order valence-corrected chi connectivity index (χ4v) is 2.97. The van der Waals surface area contributed by atoms with Crippen LogP contribution in [0.1, 0.15) is 30.5 Å². The van der Waals surface area contributed by atoms with E-state index in [4.69, 9.17) is 4.74 Å². The monoisotopic (exact) mass is 392 g/mol. The molecule has 1 heterocycles. The standard InChI is InChI=1S/C14H16N2O2.C10H12O/c1-10(18)15-6-4-12-9-16-14-3-2-11(5-7-17)8-13(12)14;1-3-5-9-6-4-7-10(8-9)11-2/h2-3,7-9,16H,4-6H2,1H3,(H,15,18);3-8H,1-2H3/b;5-3+. The number of methoxy groups -OCH3 is 1. The highest BCUT2D eigenvalue weighted by atomic mass is 16.5. The Labute approximate surface area is 171 Å². The summed E-state index contributed by atoms with van der Waals surface area (Å²) in [6.45, 7) is 4.14. The quantitative estimate of drug-likeness (QED) is 0.589. The third-order valence-electron chi connectivity index (χ3n) is 4.37. The van der Waals surface area contributed by atoms with E-state index in [9.17, 15) is 9.59 Å².